The van der Waals surface area contributed by atoms with Crippen LogP contribution in [0.5, 0.6) is 0 Å². The Bertz CT molecular complexity index is 754. The van der Waals surface area contributed by atoms with Crippen molar-refractivity contribution in [2.45, 2.75) is 12.6 Å². The van der Waals surface area contributed by atoms with Crippen molar-refractivity contribution in [2.24, 2.45) is 0 Å². The lowest BCUT2D eigenvalue weighted by molar-refractivity contribution is -0.143. The molecule has 0 aliphatic carbocycles. The summed E-state index contributed by atoms with van der Waals surface area (Å²) in [6, 6.07) is 5.07. The maximum absolute atomic E-state index is 13.3. The number of aromatic nitrogens is 2. The van der Waals surface area contributed by atoms with Gasteiger partial charge >= 0.3 is 6.18 Å². The number of anilines is 1. The molecule has 2 heterocycles. The molecule has 0 fully saturated rings. The zero-order chi connectivity index (χ0) is 16.1. The second kappa shape index (κ2) is 5.01. The molecule has 4 nitrogen and oxygen atoms in total. The standard InChI is InChI=1S/C14H11ClF3N3O/c1-20-6-5-8-10(20)3-2-4-11(8)21-12(14(16,17)18)9(7-19-21)13(15)22/h2-4,7H,5-6H2,1H3. The Morgan fingerprint density at radius 1 is 1.32 bits per heavy atom. The fraction of sp³-hybridized carbons (Fsp3) is 0.286. The van der Waals surface area contributed by atoms with Crippen molar-refractivity contribution in [2.75, 3.05) is 18.5 Å². The molecule has 0 amide bonds. The van der Waals surface area contributed by atoms with Gasteiger partial charge in [-0.05, 0) is 30.2 Å². The predicted molar refractivity (Wildman–Crippen MR) is 75.7 cm³/mol. The molecule has 3 rings (SSSR count). The minimum atomic E-state index is -4.73. The average molecular weight is 330 g/mol. The van der Waals surface area contributed by atoms with Crippen molar-refractivity contribution in [3.05, 3.63) is 41.2 Å². The summed E-state index contributed by atoms with van der Waals surface area (Å²) in [5, 5.41) is 2.57. The second-order valence-corrected chi connectivity index (χ2v) is 5.38. The first kappa shape index (κ1) is 14.9. The number of nitrogens with zero attached hydrogens (tertiary/aromatic N) is 3. The highest BCUT2D eigenvalue weighted by atomic mass is 35.5. The Kier molecular flexibility index (Phi) is 3.40. The van der Waals surface area contributed by atoms with Crippen LogP contribution >= 0.6 is 11.6 Å². The van der Waals surface area contributed by atoms with E-state index >= 15 is 0 Å². The maximum atomic E-state index is 13.3. The number of likely N-dealkylation sites (N-methyl/N-ethyl adjacent to an activating group) is 1. The molecule has 0 bridgehead atoms. The number of halogens is 4. The molecule has 1 aliphatic heterocycles. The molecule has 22 heavy (non-hydrogen) atoms. The number of fused-ring (bicyclic) bond motifs is 1. The Labute approximate surface area is 129 Å². The Morgan fingerprint density at radius 3 is 2.64 bits per heavy atom. The van der Waals surface area contributed by atoms with Crippen LogP contribution in [-0.2, 0) is 12.6 Å². The highest BCUT2D eigenvalue weighted by Gasteiger charge is 2.40. The van der Waals surface area contributed by atoms with Crippen molar-refractivity contribution in [3.8, 4) is 5.69 Å². The van der Waals surface area contributed by atoms with Crippen LogP contribution < -0.4 is 4.90 Å². The Hall–Kier alpha value is -2.02. The largest absolute Gasteiger partial charge is 0.434 e. The van der Waals surface area contributed by atoms with Gasteiger partial charge in [-0.3, -0.25) is 4.79 Å². The van der Waals surface area contributed by atoms with E-state index in [2.05, 4.69) is 5.10 Å². The first-order valence-electron chi connectivity index (χ1n) is 6.49. The van der Waals surface area contributed by atoms with Crippen LogP contribution in [0.2, 0.25) is 0 Å². The molecular formula is C14H11ClF3N3O. The van der Waals surface area contributed by atoms with Gasteiger partial charge < -0.3 is 4.90 Å². The molecule has 1 aromatic carbocycles. The minimum absolute atomic E-state index is 0.318. The zero-order valence-electron chi connectivity index (χ0n) is 11.5. The number of benzene rings is 1. The summed E-state index contributed by atoms with van der Waals surface area (Å²) in [5.74, 6) is 0. The Balaban J connectivity index is 2.25. The zero-order valence-corrected chi connectivity index (χ0v) is 12.2. The van der Waals surface area contributed by atoms with Crippen molar-refractivity contribution < 1.29 is 18.0 Å². The molecule has 1 aliphatic rings. The fourth-order valence-corrected chi connectivity index (χ4v) is 2.86. The monoisotopic (exact) mass is 329 g/mol. The SMILES string of the molecule is CN1CCc2c1cccc2-n1ncc(C(=O)Cl)c1C(F)(F)F. The highest BCUT2D eigenvalue weighted by Crippen LogP contribution is 2.37. The Morgan fingerprint density at radius 2 is 2.00 bits per heavy atom. The van der Waals surface area contributed by atoms with Crippen LogP contribution in [0.25, 0.3) is 5.69 Å². The lowest BCUT2D eigenvalue weighted by atomic mass is 10.1. The molecule has 0 N–H and O–H groups in total. The van der Waals surface area contributed by atoms with E-state index in [-0.39, 0.29) is 0 Å². The summed E-state index contributed by atoms with van der Waals surface area (Å²) >= 11 is 5.26. The molecule has 8 heteroatoms. The van der Waals surface area contributed by atoms with Crippen LogP contribution in [0.4, 0.5) is 18.9 Å². The van der Waals surface area contributed by atoms with Gasteiger partial charge in [-0.2, -0.15) is 18.3 Å². The molecule has 0 radical (unpaired) electrons. The third-order valence-electron chi connectivity index (χ3n) is 3.71. The van der Waals surface area contributed by atoms with E-state index in [1.54, 1.807) is 12.1 Å². The third kappa shape index (κ3) is 2.25. The van der Waals surface area contributed by atoms with E-state index in [0.29, 0.717) is 12.1 Å². The van der Waals surface area contributed by atoms with Crippen LogP contribution in [0.3, 0.4) is 0 Å². The minimum Gasteiger partial charge on any atom is -0.374 e. The van der Waals surface area contributed by atoms with Crippen LogP contribution in [-0.4, -0.2) is 28.6 Å². The van der Waals surface area contributed by atoms with E-state index in [1.165, 1.54) is 0 Å². The van der Waals surface area contributed by atoms with Crippen molar-refractivity contribution in [3.63, 3.8) is 0 Å². The lowest BCUT2D eigenvalue weighted by Gasteiger charge is -2.16. The molecule has 116 valence electrons. The van der Waals surface area contributed by atoms with Gasteiger partial charge in [0.25, 0.3) is 5.24 Å². The van der Waals surface area contributed by atoms with Gasteiger partial charge in [0.05, 0.1) is 17.4 Å². The first-order chi connectivity index (χ1) is 10.3. The number of carbonyl (C=O) groups excluding carboxylic acids is 1. The van der Waals surface area contributed by atoms with E-state index in [9.17, 15) is 18.0 Å². The summed E-state index contributed by atoms with van der Waals surface area (Å²) in [5.41, 5.74) is 0.166. The molecule has 2 aromatic rings. The summed E-state index contributed by atoms with van der Waals surface area (Å²) in [7, 11) is 1.87. The van der Waals surface area contributed by atoms with Gasteiger partial charge in [-0.15, -0.1) is 0 Å². The van der Waals surface area contributed by atoms with Gasteiger partial charge in [0, 0.05) is 24.8 Å². The van der Waals surface area contributed by atoms with Gasteiger partial charge in [-0.1, -0.05) is 6.07 Å². The molecule has 0 unspecified atom stereocenters. The van der Waals surface area contributed by atoms with Crippen molar-refractivity contribution in [1.82, 2.24) is 9.78 Å². The lowest BCUT2D eigenvalue weighted by Crippen LogP contribution is -2.17. The maximum Gasteiger partial charge on any atom is 0.434 e. The summed E-state index contributed by atoms with van der Waals surface area (Å²) in [6.07, 6.45) is -3.26. The van der Waals surface area contributed by atoms with Gasteiger partial charge in [-0.25, -0.2) is 4.68 Å². The molecular weight excluding hydrogens is 319 g/mol. The number of carbonyl (C=O) groups is 1. The third-order valence-corrected chi connectivity index (χ3v) is 3.92. The van der Waals surface area contributed by atoms with E-state index in [1.807, 2.05) is 18.0 Å². The predicted octanol–water partition coefficient (Wildman–Crippen LogP) is 3.26. The summed E-state index contributed by atoms with van der Waals surface area (Å²) < 4.78 is 40.8. The van der Waals surface area contributed by atoms with Crippen LogP contribution in [0, 0.1) is 0 Å². The van der Waals surface area contributed by atoms with Crippen LogP contribution in [0.15, 0.2) is 24.4 Å². The molecule has 0 saturated carbocycles. The smallest absolute Gasteiger partial charge is 0.374 e. The van der Waals surface area contributed by atoms with E-state index in [0.717, 1.165) is 28.7 Å². The fourth-order valence-electron chi connectivity index (χ4n) is 2.72. The van der Waals surface area contributed by atoms with Gasteiger partial charge in [0.1, 0.15) is 0 Å². The normalized spacial score (nSPS) is 14.3. The van der Waals surface area contributed by atoms with E-state index < -0.39 is 22.7 Å². The van der Waals surface area contributed by atoms with E-state index in [4.69, 9.17) is 11.6 Å². The second-order valence-electron chi connectivity index (χ2n) is 5.04. The average Bonchev–Trinajstić information content (AvgIpc) is 3.02. The number of hydrogen-bond acceptors (Lipinski definition) is 3. The summed E-state index contributed by atoms with van der Waals surface area (Å²) in [4.78, 5) is 13.2. The van der Waals surface area contributed by atoms with Crippen molar-refractivity contribution >= 4 is 22.5 Å². The molecule has 0 spiro atoms. The first-order valence-corrected chi connectivity index (χ1v) is 6.87. The van der Waals surface area contributed by atoms with Gasteiger partial charge in [0.2, 0.25) is 0 Å². The molecule has 0 atom stereocenters. The number of hydrogen-bond donors (Lipinski definition) is 0. The molecule has 1 aromatic heterocycles. The number of rotatable bonds is 2. The van der Waals surface area contributed by atoms with Crippen molar-refractivity contribution in [1.29, 1.82) is 0 Å². The topological polar surface area (TPSA) is 38.1 Å². The highest BCUT2D eigenvalue weighted by molar-refractivity contribution is 6.67. The van der Waals surface area contributed by atoms with Crippen LogP contribution in [0.1, 0.15) is 21.6 Å². The quantitative estimate of drug-likeness (QED) is 0.794. The molecule has 0 saturated heterocycles. The number of alkyl halides is 3. The van der Waals surface area contributed by atoms with Gasteiger partial charge in [0.15, 0.2) is 5.69 Å². The summed E-state index contributed by atoms with van der Waals surface area (Å²) in [6.45, 7) is 0.719.